The molecule has 1 aromatic carbocycles. The molecule has 0 radical (unpaired) electrons. The van der Waals surface area contributed by atoms with Gasteiger partial charge in [-0.2, -0.15) is 0 Å². The third kappa shape index (κ3) is 8.64. The summed E-state index contributed by atoms with van der Waals surface area (Å²) in [7, 11) is 0. The Balaban J connectivity index is 2.33. The third-order valence-electron chi connectivity index (χ3n) is 6.45. The molecule has 1 saturated heterocycles. The molecular formula is C26H38N4O7. The number of aldehydes is 1. The van der Waals surface area contributed by atoms with Crippen LogP contribution < -0.4 is 21.3 Å². The minimum atomic E-state index is -1.42. The lowest BCUT2D eigenvalue weighted by atomic mass is 9.80. The van der Waals surface area contributed by atoms with Crippen LogP contribution in [0.3, 0.4) is 0 Å². The molecule has 0 spiro atoms. The highest BCUT2D eigenvalue weighted by molar-refractivity contribution is 5.97. The normalized spacial score (nSPS) is 21.9. The van der Waals surface area contributed by atoms with Gasteiger partial charge in [0, 0.05) is 13.3 Å². The van der Waals surface area contributed by atoms with E-state index in [1.165, 1.54) is 19.1 Å². The zero-order valence-corrected chi connectivity index (χ0v) is 21.7. The summed E-state index contributed by atoms with van der Waals surface area (Å²) in [5.74, 6) is -2.77. The number of nitrogens with one attached hydrogen (secondary N) is 4. The van der Waals surface area contributed by atoms with Crippen molar-refractivity contribution in [3.8, 4) is 5.75 Å². The number of piperidine rings is 1. The van der Waals surface area contributed by atoms with Gasteiger partial charge in [0.15, 0.2) is 5.78 Å². The number of Topliss-reactive ketones (excluding diaryl/α,β-unsaturated/α-hetero) is 1. The summed E-state index contributed by atoms with van der Waals surface area (Å²) in [6.07, 6.45) is 1.20. The Kier molecular flexibility index (Phi) is 10.8. The highest BCUT2D eigenvalue weighted by Crippen LogP contribution is 2.27. The van der Waals surface area contributed by atoms with Crippen LogP contribution in [-0.2, 0) is 30.4 Å². The highest BCUT2D eigenvalue weighted by atomic mass is 16.4. The molecule has 1 aliphatic rings. The van der Waals surface area contributed by atoms with Gasteiger partial charge in [-0.3, -0.25) is 29.8 Å². The number of rotatable bonds is 13. The van der Waals surface area contributed by atoms with Gasteiger partial charge in [0.25, 0.3) is 0 Å². The first-order chi connectivity index (χ1) is 17.4. The van der Waals surface area contributed by atoms with Gasteiger partial charge in [0.1, 0.15) is 23.7 Å². The SMILES string of the molecule is CC(=O)N[C@@H](Cc1ccc(O)cc1)C(=O)N[C@H](C(=O)C1(NC(C=O)CC(=O)O)CC(C)CCN1)C(C)C. The maximum absolute atomic E-state index is 14.0. The minimum Gasteiger partial charge on any atom is -0.508 e. The van der Waals surface area contributed by atoms with E-state index in [-0.39, 0.29) is 24.0 Å². The molecule has 1 fully saturated rings. The molecule has 204 valence electrons. The number of carboxylic acid groups (broad SMARTS) is 1. The van der Waals surface area contributed by atoms with E-state index in [9.17, 15) is 34.2 Å². The first-order valence-electron chi connectivity index (χ1n) is 12.5. The predicted molar refractivity (Wildman–Crippen MR) is 136 cm³/mol. The number of carbonyl (C=O) groups is 5. The fourth-order valence-corrected chi connectivity index (χ4v) is 4.61. The number of phenols is 1. The summed E-state index contributed by atoms with van der Waals surface area (Å²) in [4.78, 5) is 62.1. The molecule has 3 unspecified atom stereocenters. The zero-order valence-electron chi connectivity index (χ0n) is 21.7. The van der Waals surface area contributed by atoms with Crippen molar-refractivity contribution in [2.24, 2.45) is 11.8 Å². The fraction of sp³-hybridized carbons (Fsp3) is 0.577. The monoisotopic (exact) mass is 518 g/mol. The number of carbonyl (C=O) groups excluding carboxylic acids is 4. The topological polar surface area (TPSA) is 174 Å². The van der Waals surface area contributed by atoms with Crippen molar-refractivity contribution in [1.29, 1.82) is 0 Å². The minimum absolute atomic E-state index is 0.0679. The van der Waals surface area contributed by atoms with E-state index < -0.39 is 53.8 Å². The Hall–Kier alpha value is -3.31. The number of hydrogen-bond donors (Lipinski definition) is 6. The number of hydrogen-bond acceptors (Lipinski definition) is 8. The molecule has 1 aromatic rings. The van der Waals surface area contributed by atoms with E-state index in [2.05, 4.69) is 21.3 Å². The third-order valence-corrected chi connectivity index (χ3v) is 6.45. The van der Waals surface area contributed by atoms with Gasteiger partial charge in [0.2, 0.25) is 11.8 Å². The van der Waals surface area contributed by atoms with E-state index in [1.807, 2.05) is 6.92 Å². The van der Waals surface area contributed by atoms with Gasteiger partial charge >= 0.3 is 5.97 Å². The molecule has 0 aromatic heterocycles. The largest absolute Gasteiger partial charge is 0.508 e. The molecule has 11 heteroatoms. The van der Waals surface area contributed by atoms with Crippen molar-refractivity contribution in [1.82, 2.24) is 21.3 Å². The maximum Gasteiger partial charge on any atom is 0.305 e. The zero-order chi connectivity index (χ0) is 27.8. The van der Waals surface area contributed by atoms with Gasteiger partial charge in [-0.15, -0.1) is 0 Å². The Morgan fingerprint density at radius 1 is 1.16 bits per heavy atom. The molecule has 5 atom stereocenters. The average molecular weight is 519 g/mol. The van der Waals surface area contributed by atoms with Crippen molar-refractivity contribution in [2.75, 3.05) is 6.54 Å². The van der Waals surface area contributed by atoms with Crippen LogP contribution >= 0.6 is 0 Å². The number of benzene rings is 1. The quantitative estimate of drug-likeness (QED) is 0.203. The smallest absolute Gasteiger partial charge is 0.305 e. The Bertz CT molecular complexity index is 982. The molecular weight excluding hydrogens is 480 g/mol. The number of aliphatic carboxylic acids is 1. The summed E-state index contributed by atoms with van der Waals surface area (Å²) in [5.41, 5.74) is -0.719. The number of aromatic hydroxyl groups is 1. The molecule has 11 nitrogen and oxygen atoms in total. The second kappa shape index (κ2) is 13.3. The molecule has 2 amide bonds. The number of ketones is 1. The molecule has 37 heavy (non-hydrogen) atoms. The van der Waals surface area contributed by atoms with Gasteiger partial charge in [-0.1, -0.05) is 32.9 Å². The summed E-state index contributed by atoms with van der Waals surface area (Å²) >= 11 is 0. The molecule has 0 aliphatic carbocycles. The summed E-state index contributed by atoms with van der Waals surface area (Å²) < 4.78 is 0. The van der Waals surface area contributed by atoms with Gasteiger partial charge < -0.3 is 25.6 Å². The van der Waals surface area contributed by atoms with Crippen LogP contribution in [0.5, 0.6) is 5.75 Å². The van der Waals surface area contributed by atoms with E-state index in [1.54, 1.807) is 26.0 Å². The van der Waals surface area contributed by atoms with E-state index >= 15 is 0 Å². The lowest BCUT2D eigenvalue weighted by molar-refractivity contribution is -0.141. The first-order valence-corrected chi connectivity index (χ1v) is 12.5. The van der Waals surface area contributed by atoms with Crippen LogP contribution in [0.15, 0.2) is 24.3 Å². The Morgan fingerprint density at radius 3 is 2.32 bits per heavy atom. The van der Waals surface area contributed by atoms with Crippen LogP contribution in [0, 0.1) is 11.8 Å². The lowest BCUT2D eigenvalue weighted by Gasteiger charge is -2.44. The van der Waals surface area contributed by atoms with Crippen LogP contribution in [-0.4, -0.2) is 70.4 Å². The van der Waals surface area contributed by atoms with Crippen molar-refractivity contribution >= 4 is 29.9 Å². The Labute approximate surface area is 216 Å². The summed E-state index contributed by atoms with van der Waals surface area (Å²) in [6.45, 7) is 7.25. The Morgan fingerprint density at radius 2 is 1.81 bits per heavy atom. The molecule has 0 bridgehead atoms. The van der Waals surface area contributed by atoms with Gasteiger partial charge in [-0.05, 0) is 48.9 Å². The second-order valence-corrected chi connectivity index (χ2v) is 10.1. The van der Waals surface area contributed by atoms with E-state index in [0.29, 0.717) is 24.8 Å². The number of amides is 2. The van der Waals surface area contributed by atoms with Crippen molar-refractivity contribution in [3.05, 3.63) is 29.8 Å². The fourth-order valence-electron chi connectivity index (χ4n) is 4.61. The van der Waals surface area contributed by atoms with Crippen LogP contribution in [0.2, 0.25) is 0 Å². The molecule has 1 heterocycles. The number of phenolic OH excluding ortho intramolecular Hbond substituents is 1. The molecule has 6 N–H and O–H groups in total. The van der Waals surface area contributed by atoms with Gasteiger partial charge in [-0.25, -0.2) is 0 Å². The van der Waals surface area contributed by atoms with E-state index in [0.717, 1.165) is 6.42 Å². The van der Waals surface area contributed by atoms with Crippen molar-refractivity contribution < 1.29 is 34.2 Å². The van der Waals surface area contributed by atoms with Crippen LogP contribution in [0.25, 0.3) is 0 Å². The van der Waals surface area contributed by atoms with Crippen LogP contribution in [0.1, 0.15) is 52.5 Å². The predicted octanol–water partition coefficient (Wildman–Crippen LogP) is 0.497. The number of carboxylic acids is 1. The summed E-state index contributed by atoms with van der Waals surface area (Å²) in [5, 5.41) is 30.2. The summed E-state index contributed by atoms with van der Waals surface area (Å²) in [6, 6.07) is 3.14. The van der Waals surface area contributed by atoms with E-state index in [4.69, 9.17) is 0 Å². The van der Waals surface area contributed by atoms with Gasteiger partial charge in [0.05, 0.1) is 18.5 Å². The first kappa shape index (κ1) is 29.9. The van der Waals surface area contributed by atoms with Crippen molar-refractivity contribution in [3.63, 3.8) is 0 Å². The maximum atomic E-state index is 14.0. The average Bonchev–Trinajstić information content (AvgIpc) is 2.81. The molecule has 2 rings (SSSR count). The molecule has 1 aliphatic heterocycles. The molecule has 0 saturated carbocycles. The second-order valence-electron chi connectivity index (χ2n) is 10.1. The highest BCUT2D eigenvalue weighted by Gasteiger charge is 2.47. The lowest BCUT2D eigenvalue weighted by Crippen LogP contribution is -2.72. The van der Waals surface area contributed by atoms with Crippen molar-refractivity contribution in [2.45, 2.75) is 77.2 Å². The standard InChI is InChI=1S/C26H38N4O7/c1-15(2)23(29-25(37)21(28-17(4)32)11-18-5-7-20(33)8-6-18)24(36)26(13-16(3)9-10-27-26)30-19(14-31)12-22(34)35/h5-8,14-16,19,21,23,27,30,33H,9-13H2,1-4H3,(H,28,32)(H,29,37)(H,34,35)/t16?,19?,21-,23-,26?/m0/s1. The van der Waals surface area contributed by atoms with Crippen LogP contribution in [0.4, 0.5) is 0 Å².